The van der Waals surface area contributed by atoms with Crippen LogP contribution in [-0.2, 0) is 11.3 Å². The van der Waals surface area contributed by atoms with Crippen molar-refractivity contribution in [3.8, 4) is 5.75 Å². The second kappa shape index (κ2) is 8.41. The minimum atomic E-state index is -0.501. The molecule has 28 heavy (non-hydrogen) atoms. The maximum atomic E-state index is 11.7. The Balaban J connectivity index is 1.38. The molecule has 2 aliphatic rings. The summed E-state index contributed by atoms with van der Waals surface area (Å²) in [7, 11) is 1.36. The van der Waals surface area contributed by atoms with Crippen molar-refractivity contribution in [1.29, 1.82) is 0 Å². The first kappa shape index (κ1) is 19.7. The molecule has 2 heterocycles. The van der Waals surface area contributed by atoms with Crippen molar-refractivity contribution < 1.29 is 19.4 Å². The van der Waals surface area contributed by atoms with Crippen LogP contribution in [0.2, 0.25) is 4.34 Å². The van der Waals surface area contributed by atoms with E-state index in [9.17, 15) is 9.90 Å². The number of hydrogen-bond acceptors (Lipinski definition) is 6. The number of rotatable bonds is 5. The SMILES string of the molecule is COC(=O)c1cccc(O[C@@H]2C[C@@H]3CN(Cc4ccc(Cl)s4)C[C@@H]3C[C@H]2O)c1. The number of aliphatic hydroxyl groups is 1. The standard InChI is InChI=1S/C21H24ClNO4S/c1-26-21(25)13-3-2-4-16(7-13)27-19-9-15-11-23(10-14(15)8-18(19)24)12-17-5-6-20(22)28-17/h2-7,14-15,18-19,24H,8-12H2,1H3/t14-,15+,18+,19+/m0/s1. The number of hydrogen-bond donors (Lipinski definition) is 1. The van der Waals surface area contributed by atoms with Crippen molar-refractivity contribution in [2.75, 3.05) is 20.2 Å². The van der Waals surface area contributed by atoms with Gasteiger partial charge in [-0.25, -0.2) is 4.79 Å². The van der Waals surface area contributed by atoms with Crippen molar-refractivity contribution >= 4 is 28.9 Å². The van der Waals surface area contributed by atoms with E-state index in [4.69, 9.17) is 21.1 Å². The average molecular weight is 422 g/mol. The number of carbonyl (C=O) groups excluding carboxylic acids is 1. The number of ether oxygens (including phenoxy) is 2. The topological polar surface area (TPSA) is 59.0 Å². The zero-order chi connectivity index (χ0) is 19.7. The molecule has 0 bridgehead atoms. The number of carbonyl (C=O) groups is 1. The summed E-state index contributed by atoms with van der Waals surface area (Å²) in [6.07, 6.45) is 0.799. The van der Waals surface area contributed by atoms with E-state index in [1.54, 1.807) is 29.5 Å². The molecule has 0 spiro atoms. The number of benzene rings is 1. The van der Waals surface area contributed by atoms with Gasteiger partial charge in [-0.3, -0.25) is 4.90 Å². The molecule has 7 heteroatoms. The first-order chi connectivity index (χ1) is 13.5. The fourth-order valence-corrected chi connectivity index (χ4v) is 5.52. The fourth-order valence-electron chi connectivity index (χ4n) is 4.39. The van der Waals surface area contributed by atoms with E-state index in [0.29, 0.717) is 23.1 Å². The van der Waals surface area contributed by atoms with E-state index < -0.39 is 12.1 Å². The van der Waals surface area contributed by atoms with Crippen LogP contribution in [0, 0.1) is 11.8 Å². The molecular formula is C21H24ClNO4S. The highest BCUT2D eigenvalue weighted by atomic mass is 35.5. The molecule has 1 N–H and O–H groups in total. The summed E-state index contributed by atoms with van der Waals surface area (Å²) in [5.41, 5.74) is 0.449. The zero-order valence-electron chi connectivity index (χ0n) is 15.7. The highest BCUT2D eigenvalue weighted by Crippen LogP contribution is 2.39. The number of likely N-dealkylation sites (tertiary alicyclic amines) is 1. The predicted octanol–water partition coefficient (Wildman–Crippen LogP) is 3.84. The van der Waals surface area contributed by atoms with Gasteiger partial charge in [0, 0.05) is 24.5 Å². The average Bonchev–Trinajstić information content (AvgIpc) is 3.26. The summed E-state index contributed by atoms with van der Waals surface area (Å²) in [6, 6.07) is 11.0. The van der Waals surface area contributed by atoms with Crippen molar-refractivity contribution in [2.24, 2.45) is 11.8 Å². The molecule has 0 amide bonds. The van der Waals surface area contributed by atoms with Gasteiger partial charge in [0.05, 0.1) is 23.1 Å². The number of esters is 1. The lowest BCUT2D eigenvalue weighted by molar-refractivity contribution is -0.0231. The number of fused-ring (bicyclic) bond motifs is 1. The number of thiophene rings is 1. The van der Waals surface area contributed by atoms with Gasteiger partial charge in [0.15, 0.2) is 0 Å². The third-order valence-electron chi connectivity index (χ3n) is 5.71. The van der Waals surface area contributed by atoms with Gasteiger partial charge in [-0.05, 0) is 55.0 Å². The summed E-state index contributed by atoms with van der Waals surface area (Å²) in [6.45, 7) is 2.92. The normalized spacial score (nSPS) is 27.4. The Labute approximate surface area is 173 Å². The molecule has 1 aromatic heterocycles. The summed E-state index contributed by atoms with van der Waals surface area (Å²) in [5, 5.41) is 10.6. The number of methoxy groups -OCH3 is 1. The lowest BCUT2D eigenvalue weighted by Gasteiger charge is -2.35. The first-order valence-electron chi connectivity index (χ1n) is 9.51. The van der Waals surface area contributed by atoms with Gasteiger partial charge in [0.1, 0.15) is 11.9 Å². The Bertz CT molecular complexity index is 841. The molecule has 4 atom stereocenters. The van der Waals surface area contributed by atoms with Crippen LogP contribution >= 0.6 is 22.9 Å². The van der Waals surface area contributed by atoms with Gasteiger partial charge >= 0.3 is 5.97 Å². The lowest BCUT2D eigenvalue weighted by Crippen LogP contribution is -2.42. The molecule has 1 saturated heterocycles. The minimum absolute atomic E-state index is 0.259. The number of halogens is 1. The zero-order valence-corrected chi connectivity index (χ0v) is 17.3. The summed E-state index contributed by atoms with van der Waals surface area (Å²) >= 11 is 7.67. The Hall–Kier alpha value is -1.60. The lowest BCUT2D eigenvalue weighted by atomic mass is 9.78. The van der Waals surface area contributed by atoms with Gasteiger partial charge in [0.2, 0.25) is 0 Å². The Morgan fingerprint density at radius 3 is 2.75 bits per heavy atom. The maximum absolute atomic E-state index is 11.7. The quantitative estimate of drug-likeness (QED) is 0.743. The van der Waals surface area contributed by atoms with Gasteiger partial charge in [-0.1, -0.05) is 17.7 Å². The number of nitrogens with zero attached hydrogens (tertiary/aromatic N) is 1. The van der Waals surface area contributed by atoms with E-state index in [1.165, 1.54) is 12.0 Å². The van der Waals surface area contributed by atoms with Crippen LogP contribution in [0.4, 0.5) is 0 Å². The van der Waals surface area contributed by atoms with E-state index >= 15 is 0 Å². The third kappa shape index (κ3) is 4.35. The summed E-state index contributed by atoms with van der Waals surface area (Å²) in [5.74, 6) is 1.20. The molecule has 0 radical (unpaired) electrons. The van der Waals surface area contributed by atoms with Crippen LogP contribution in [0.15, 0.2) is 36.4 Å². The van der Waals surface area contributed by atoms with Crippen molar-refractivity contribution in [2.45, 2.75) is 31.6 Å². The van der Waals surface area contributed by atoms with Crippen LogP contribution in [0.5, 0.6) is 5.75 Å². The first-order valence-corrected chi connectivity index (χ1v) is 10.7. The van der Waals surface area contributed by atoms with Crippen molar-refractivity contribution in [3.63, 3.8) is 0 Å². The maximum Gasteiger partial charge on any atom is 0.337 e. The molecule has 1 aliphatic heterocycles. The Morgan fingerprint density at radius 1 is 1.25 bits per heavy atom. The fraction of sp³-hybridized carbons (Fsp3) is 0.476. The van der Waals surface area contributed by atoms with Crippen molar-refractivity contribution in [3.05, 3.63) is 51.2 Å². The van der Waals surface area contributed by atoms with E-state index in [1.807, 2.05) is 12.1 Å². The van der Waals surface area contributed by atoms with E-state index in [2.05, 4.69) is 11.0 Å². The second-order valence-electron chi connectivity index (χ2n) is 7.63. The van der Waals surface area contributed by atoms with E-state index in [0.717, 1.165) is 36.8 Å². The molecule has 2 fully saturated rings. The van der Waals surface area contributed by atoms with Crippen LogP contribution in [0.3, 0.4) is 0 Å². The van der Waals surface area contributed by atoms with E-state index in [-0.39, 0.29) is 6.10 Å². The highest BCUT2D eigenvalue weighted by molar-refractivity contribution is 7.16. The number of aliphatic hydroxyl groups excluding tert-OH is 1. The van der Waals surface area contributed by atoms with Gasteiger partial charge in [-0.15, -0.1) is 11.3 Å². The molecule has 150 valence electrons. The third-order valence-corrected chi connectivity index (χ3v) is 6.93. The second-order valence-corrected chi connectivity index (χ2v) is 9.43. The molecule has 4 rings (SSSR count). The molecule has 1 aromatic carbocycles. The highest BCUT2D eigenvalue weighted by Gasteiger charge is 2.42. The molecule has 1 aliphatic carbocycles. The van der Waals surface area contributed by atoms with Gasteiger partial charge < -0.3 is 14.6 Å². The van der Waals surface area contributed by atoms with Crippen LogP contribution < -0.4 is 4.74 Å². The summed E-state index contributed by atoms with van der Waals surface area (Å²) in [4.78, 5) is 15.4. The molecule has 2 aromatic rings. The molecule has 5 nitrogen and oxygen atoms in total. The Kier molecular flexibility index (Phi) is 5.92. The van der Waals surface area contributed by atoms with Gasteiger partial charge in [-0.2, -0.15) is 0 Å². The monoisotopic (exact) mass is 421 g/mol. The van der Waals surface area contributed by atoms with Crippen LogP contribution in [0.1, 0.15) is 28.1 Å². The van der Waals surface area contributed by atoms with Crippen molar-refractivity contribution in [1.82, 2.24) is 4.90 Å². The predicted molar refractivity (Wildman–Crippen MR) is 109 cm³/mol. The Morgan fingerprint density at radius 2 is 2.04 bits per heavy atom. The molecule has 0 unspecified atom stereocenters. The summed E-state index contributed by atoms with van der Waals surface area (Å²) < 4.78 is 11.7. The largest absolute Gasteiger partial charge is 0.488 e. The van der Waals surface area contributed by atoms with Crippen LogP contribution in [-0.4, -0.2) is 48.4 Å². The molecule has 1 saturated carbocycles. The molecular weight excluding hydrogens is 398 g/mol. The van der Waals surface area contributed by atoms with Gasteiger partial charge in [0.25, 0.3) is 0 Å². The smallest absolute Gasteiger partial charge is 0.337 e. The minimum Gasteiger partial charge on any atom is -0.488 e. The van der Waals surface area contributed by atoms with Crippen LogP contribution in [0.25, 0.3) is 0 Å².